The molecule has 0 unspecified atom stereocenters. The number of aromatic nitrogens is 2. The Hall–Kier alpha value is -3.32. The lowest BCUT2D eigenvalue weighted by molar-refractivity contribution is 0.0986. The first kappa shape index (κ1) is 23.4. The molecule has 0 atom stereocenters. The standard InChI is InChI=1S/C26H19Cl3N4O2/c1-32-14-15-11-12-33(22-8-3-2-5-18(22)24(15)31-32)26(35)17-10-9-16(13-21(17)28)30-25(34)19-6-4-7-20(27)23(19)29/h2-10,13-14H,11-12H2,1H3,(H,30,34). The van der Waals surface area contributed by atoms with Crippen molar-refractivity contribution in [1.82, 2.24) is 9.78 Å². The van der Waals surface area contributed by atoms with Gasteiger partial charge in [0.1, 0.15) is 0 Å². The molecular formula is C26H19Cl3N4O2. The molecule has 1 aliphatic heterocycles. The fraction of sp³-hybridized carbons (Fsp3) is 0.115. The highest BCUT2D eigenvalue weighted by atomic mass is 35.5. The summed E-state index contributed by atoms with van der Waals surface area (Å²) in [7, 11) is 1.89. The number of carbonyl (C=O) groups is 2. The van der Waals surface area contributed by atoms with Crippen molar-refractivity contribution >= 4 is 58.0 Å². The summed E-state index contributed by atoms with van der Waals surface area (Å²) < 4.78 is 1.79. The van der Waals surface area contributed by atoms with E-state index in [1.165, 1.54) is 0 Å². The van der Waals surface area contributed by atoms with E-state index in [1.807, 2.05) is 37.5 Å². The highest BCUT2D eigenvalue weighted by molar-refractivity contribution is 6.44. The van der Waals surface area contributed by atoms with E-state index in [0.29, 0.717) is 24.2 Å². The molecule has 0 aliphatic carbocycles. The topological polar surface area (TPSA) is 67.2 Å². The Morgan fingerprint density at radius 3 is 2.54 bits per heavy atom. The zero-order chi connectivity index (χ0) is 24.7. The van der Waals surface area contributed by atoms with Crippen LogP contribution in [-0.2, 0) is 13.5 Å². The number of rotatable bonds is 3. The van der Waals surface area contributed by atoms with Crippen LogP contribution in [-0.4, -0.2) is 28.1 Å². The number of fused-ring (bicyclic) bond motifs is 3. The Bertz CT molecular complexity index is 1480. The third kappa shape index (κ3) is 4.41. The number of benzene rings is 3. The predicted molar refractivity (Wildman–Crippen MR) is 140 cm³/mol. The molecule has 1 N–H and O–H groups in total. The molecule has 6 nitrogen and oxygen atoms in total. The highest BCUT2D eigenvalue weighted by Gasteiger charge is 2.28. The summed E-state index contributed by atoms with van der Waals surface area (Å²) in [4.78, 5) is 28.0. The van der Waals surface area contributed by atoms with E-state index in [9.17, 15) is 9.59 Å². The predicted octanol–water partition coefficient (Wildman–Crippen LogP) is 6.50. The van der Waals surface area contributed by atoms with Gasteiger partial charge in [-0.25, -0.2) is 0 Å². The lowest BCUT2D eigenvalue weighted by Crippen LogP contribution is -2.32. The van der Waals surface area contributed by atoms with Crippen LogP contribution in [0.1, 0.15) is 26.3 Å². The third-order valence-electron chi connectivity index (χ3n) is 5.86. The van der Waals surface area contributed by atoms with E-state index in [4.69, 9.17) is 34.8 Å². The normalized spacial score (nSPS) is 12.5. The van der Waals surface area contributed by atoms with Gasteiger partial charge < -0.3 is 10.2 Å². The van der Waals surface area contributed by atoms with Crippen molar-refractivity contribution in [3.8, 4) is 11.3 Å². The molecule has 2 heterocycles. The van der Waals surface area contributed by atoms with Gasteiger partial charge in [-0.15, -0.1) is 0 Å². The van der Waals surface area contributed by atoms with Crippen LogP contribution in [0.2, 0.25) is 15.1 Å². The Labute approximate surface area is 217 Å². The average molecular weight is 526 g/mol. The SMILES string of the molecule is Cn1cc2c(n1)-c1ccccc1N(C(=O)c1ccc(NC(=O)c3cccc(Cl)c3Cl)cc1Cl)CC2. The Morgan fingerprint density at radius 2 is 1.74 bits per heavy atom. The second-order valence-electron chi connectivity index (χ2n) is 8.15. The molecular weight excluding hydrogens is 507 g/mol. The van der Waals surface area contributed by atoms with Crippen LogP contribution in [0, 0.1) is 0 Å². The lowest BCUT2D eigenvalue weighted by atomic mass is 10.1. The summed E-state index contributed by atoms with van der Waals surface area (Å²) in [6.07, 6.45) is 2.65. The van der Waals surface area contributed by atoms with Gasteiger partial charge in [-0.2, -0.15) is 5.10 Å². The van der Waals surface area contributed by atoms with Crippen molar-refractivity contribution in [1.29, 1.82) is 0 Å². The van der Waals surface area contributed by atoms with Gasteiger partial charge in [0, 0.05) is 31.0 Å². The van der Waals surface area contributed by atoms with Crippen LogP contribution in [0.5, 0.6) is 0 Å². The van der Waals surface area contributed by atoms with E-state index in [2.05, 4.69) is 10.4 Å². The molecule has 0 saturated carbocycles. The average Bonchev–Trinajstić information content (AvgIpc) is 3.14. The second kappa shape index (κ2) is 9.38. The van der Waals surface area contributed by atoms with Crippen molar-refractivity contribution in [2.45, 2.75) is 6.42 Å². The number of halogens is 3. The maximum Gasteiger partial charge on any atom is 0.259 e. The van der Waals surface area contributed by atoms with Gasteiger partial charge in [0.05, 0.1) is 37.6 Å². The van der Waals surface area contributed by atoms with Crippen molar-refractivity contribution in [2.24, 2.45) is 7.05 Å². The van der Waals surface area contributed by atoms with E-state index in [1.54, 1.807) is 46.0 Å². The van der Waals surface area contributed by atoms with E-state index in [0.717, 1.165) is 22.5 Å². The van der Waals surface area contributed by atoms with Crippen LogP contribution < -0.4 is 10.2 Å². The van der Waals surface area contributed by atoms with Gasteiger partial charge in [-0.3, -0.25) is 14.3 Å². The number of nitrogens with zero attached hydrogens (tertiary/aromatic N) is 3. The molecule has 2 amide bonds. The molecule has 1 aromatic heterocycles. The minimum Gasteiger partial charge on any atom is -0.322 e. The molecule has 35 heavy (non-hydrogen) atoms. The molecule has 3 aromatic carbocycles. The molecule has 5 rings (SSSR count). The number of hydrogen-bond acceptors (Lipinski definition) is 3. The lowest BCUT2D eigenvalue weighted by Gasteiger charge is -2.23. The number of para-hydroxylation sites is 1. The molecule has 0 fully saturated rings. The zero-order valence-corrected chi connectivity index (χ0v) is 20.8. The smallest absolute Gasteiger partial charge is 0.259 e. The summed E-state index contributed by atoms with van der Waals surface area (Å²) in [6, 6.07) is 17.3. The van der Waals surface area contributed by atoms with Crippen LogP contribution >= 0.6 is 34.8 Å². The number of nitrogens with one attached hydrogen (secondary N) is 1. The van der Waals surface area contributed by atoms with Crippen LogP contribution in [0.25, 0.3) is 11.3 Å². The summed E-state index contributed by atoms with van der Waals surface area (Å²) in [5.74, 6) is -0.660. The van der Waals surface area contributed by atoms with E-state index < -0.39 is 5.91 Å². The van der Waals surface area contributed by atoms with Gasteiger partial charge in [-0.1, -0.05) is 59.1 Å². The molecule has 0 radical (unpaired) electrons. The van der Waals surface area contributed by atoms with Gasteiger partial charge in [0.15, 0.2) is 0 Å². The van der Waals surface area contributed by atoms with Crippen LogP contribution in [0.3, 0.4) is 0 Å². The van der Waals surface area contributed by atoms with Gasteiger partial charge in [0.25, 0.3) is 11.8 Å². The van der Waals surface area contributed by atoms with E-state index in [-0.39, 0.29) is 26.5 Å². The van der Waals surface area contributed by atoms with Crippen molar-refractivity contribution in [3.05, 3.63) is 98.6 Å². The number of aryl methyl sites for hydroxylation is 1. The third-order valence-corrected chi connectivity index (χ3v) is 6.99. The molecule has 1 aliphatic rings. The zero-order valence-electron chi connectivity index (χ0n) is 18.6. The maximum absolute atomic E-state index is 13.6. The Balaban J connectivity index is 1.42. The largest absolute Gasteiger partial charge is 0.322 e. The Morgan fingerprint density at radius 1 is 0.943 bits per heavy atom. The molecule has 0 saturated heterocycles. The maximum atomic E-state index is 13.6. The highest BCUT2D eigenvalue weighted by Crippen LogP contribution is 2.37. The minimum atomic E-state index is -0.431. The summed E-state index contributed by atoms with van der Waals surface area (Å²) in [5.41, 5.74) is 4.64. The summed E-state index contributed by atoms with van der Waals surface area (Å²) >= 11 is 18.7. The quantitative estimate of drug-likeness (QED) is 0.332. The van der Waals surface area contributed by atoms with Crippen molar-refractivity contribution < 1.29 is 9.59 Å². The van der Waals surface area contributed by atoms with Gasteiger partial charge in [-0.05, 0) is 48.4 Å². The number of amides is 2. The van der Waals surface area contributed by atoms with Gasteiger partial charge in [0.2, 0.25) is 0 Å². The number of anilines is 2. The minimum absolute atomic E-state index is 0.167. The molecule has 0 spiro atoms. The Kier molecular flexibility index (Phi) is 6.28. The fourth-order valence-electron chi connectivity index (χ4n) is 4.21. The summed E-state index contributed by atoms with van der Waals surface area (Å²) in [6.45, 7) is 0.483. The van der Waals surface area contributed by atoms with Crippen molar-refractivity contribution in [2.75, 3.05) is 16.8 Å². The summed E-state index contributed by atoms with van der Waals surface area (Å²) in [5, 5.41) is 8.03. The van der Waals surface area contributed by atoms with Gasteiger partial charge >= 0.3 is 0 Å². The molecule has 4 aromatic rings. The molecule has 176 valence electrons. The molecule has 9 heteroatoms. The fourth-order valence-corrected chi connectivity index (χ4v) is 4.86. The first-order chi connectivity index (χ1) is 16.8. The van der Waals surface area contributed by atoms with Crippen molar-refractivity contribution in [3.63, 3.8) is 0 Å². The van der Waals surface area contributed by atoms with Crippen LogP contribution in [0.15, 0.2) is 66.9 Å². The van der Waals surface area contributed by atoms with E-state index >= 15 is 0 Å². The van der Waals surface area contributed by atoms with Crippen LogP contribution in [0.4, 0.5) is 11.4 Å². The second-order valence-corrected chi connectivity index (χ2v) is 9.34. The monoisotopic (exact) mass is 524 g/mol. The molecule has 0 bridgehead atoms. The first-order valence-corrected chi connectivity index (χ1v) is 12.0. The number of hydrogen-bond donors (Lipinski definition) is 1. The number of carbonyl (C=O) groups excluding carboxylic acids is 2. The first-order valence-electron chi connectivity index (χ1n) is 10.8.